The molecule has 4 aromatic rings. The molecule has 4 rings (SSSR count). The van der Waals surface area contributed by atoms with Crippen molar-refractivity contribution in [3.05, 3.63) is 114 Å². The fourth-order valence-corrected chi connectivity index (χ4v) is 4.73. The normalized spacial score (nSPS) is 11.6. The molecule has 0 aliphatic carbocycles. The van der Waals surface area contributed by atoms with Gasteiger partial charge in [0.05, 0.1) is 4.90 Å². The first-order chi connectivity index (χ1) is 16.1. The van der Waals surface area contributed by atoms with Crippen LogP contribution in [0.15, 0.2) is 108 Å². The second-order valence-electron chi connectivity index (χ2n) is 7.89. The molecule has 0 heterocycles. The van der Waals surface area contributed by atoms with Crippen LogP contribution in [-0.4, -0.2) is 9.99 Å². The van der Waals surface area contributed by atoms with Crippen LogP contribution in [0.3, 0.4) is 0 Å². The predicted molar refractivity (Wildman–Crippen MR) is 136 cm³/mol. The third-order valence-electron chi connectivity index (χ3n) is 5.38. The molecule has 0 bridgehead atoms. The summed E-state index contributed by atoms with van der Waals surface area (Å²) in [5.74, 6) is 0.179. The minimum absolute atomic E-state index is 0.179. The number of nitrogen functional groups attached to an aromatic ring is 1. The summed E-state index contributed by atoms with van der Waals surface area (Å²) in [5, 5.41) is 0. The Morgan fingerprint density at radius 3 is 2.27 bits per heavy atom. The Balaban J connectivity index is 1.36. The quantitative estimate of drug-likeness (QED) is 0.313. The van der Waals surface area contributed by atoms with E-state index in [4.69, 9.17) is 5.73 Å². The molecule has 5 heteroatoms. The van der Waals surface area contributed by atoms with Crippen LogP contribution in [-0.2, 0) is 28.6 Å². The van der Waals surface area contributed by atoms with Gasteiger partial charge < -0.3 is 10.5 Å². The second kappa shape index (κ2) is 10.7. The van der Waals surface area contributed by atoms with Gasteiger partial charge in [-0.3, -0.25) is 4.79 Å². The molecule has 1 atom stereocenters. The highest BCUT2D eigenvalue weighted by molar-refractivity contribution is 7.86. The highest BCUT2D eigenvalue weighted by Crippen LogP contribution is 2.26. The Bertz CT molecular complexity index is 1250. The van der Waals surface area contributed by atoms with Gasteiger partial charge in [-0.25, -0.2) is 4.21 Å². The zero-order chi connectivity index (χ0) is 23.0. The number of anilines is 2. The number of nitrogens with two attached hydrogens (primary N) is 1. The van der Waals surface area contributed by atoms with Crippen LogP contribution in [0.5, 0.6) is 0 Å². The van der Waals surface area contributed by atoms with E-state index >= 15 is 0 Å². The van der Waals surface area contributed by atoms with Crippen molar-refractivity contribution >= 4 is 28.1 Å². The number of hydrogen-bond acceptors (Lipinski definition) is 3. The van der Waals surface area contributed by atoms with E-state index in [1.807, 2.05) is 103 Å². The van der Waals surface area contributed by atoms with Crippen LogP contribution < -0.4 is 10.5 Å². The van der Waals surface area contributed by atoms with Crippen molar-refractivity contribution in [2.75, 3.05) is 10.5 Å². The Morgan fingerprint density at radius 2 is 1.52 bits per heavy atom. The summed E-state index contributed by atoms with van der Waals surface area (Å²) in [6.45, 7) is 0. The van der Waals surface area contributed by atoms with Crippen LogP contribution in [0, 0.1) is 0 Å². The summed E-state index contributed by atoms with van der Waals surface area (Å²) in [6, 6.07) is 32.8. The largest absolute Gasteiger partial charge is 0.399 e. The third kappa shape index (κ3) is 6.18. The number of benzene rings is 4. The van der Waals surface area contributed by atoms with Crippen molar-refractivity contribution < 1.29 is 9.00 Å². The Labute approximate surface area is 197 Å². The van der Waals surface area contributed by atoms with Crippen LogP contribution in [0.4, 0.5) is 11.4 Å². The average Bonchev–Trinajstić information content (AvgIpc) is 2.84. The standard InChI is InChI=1S/C28H26N2O2S/c29-24-10-6-7-21(19-24)15-18-26(31)20-22-13-16-25(17-14-22)30-33(32)28-12-5-4-11-27(28)23-8-2-1-3-9-23/h1-14,16-17,19,30H,15,18,20,29H2. The molecule has 0 fully saturated rings. The molecule has 0 spiro atoms. The van der Waals surface area contributed by atoms with E-state index < -0.39 is 11.0 Å². The molecule has 33 heavy (non-hydrogen) atoms. The lowest BCUT2D eigenvalue weighted by Gasteiger charge is -2.11. The van der Waals surface area contributed by atoms with E-state index in [1.54, 1.807) is 0 Å². The van der Waals surface area contributed by atoms with Crippen molar-refractivity contribution in [3.8, 4) is 11.1 Å². The molecule has 0 aliphatic heterocycles. The summed E-state index contributed by atoms with van der Waals surface area (Å²) in [5.41, 5.74) is 11.2. The number of carbonyl (C=O) groups excluding carboxylic acids is 1. The topological polar surface area (TPSA) is 72.2 Å². The molecular weight excluding hydrogens is 428 g/mol. The van der Waals surface area contributed by atoms with Crippen LogP contribution >= 0.6 is 0 Å². The SMILES string of the molecule is Nc1cccc(CCC(=O)Cc2ccc(NS(=O)c3ccccc3-c3ccccc3)cc2)c1. The first kappa shape index (κ1) is 22.5. The fraction of sp³-hybridized carbons (Fsp3) is 0.107. The Morgan fingerprint density at radius 1 is 0.788 bits per heavy atom. The summed E-state index contributed by atoms with van der Waals surface area (Å²) < 4.78 is 16.1. The summed E-state index contributed by atoms with van der Waals surface area (Å²) >= 11 is 0. The number of ketones is 1. The minimum Gasteiger partial charge on any atom is -0.399 e. The average molecular weight is 455 g/mol. The van der Waals surface area contributed by atoms with Gasteiger partial charge in [0.2, 0.25) is 0 Å². The van der Waals surface area contributed by atoms with Gasteiger partial charge >= 0.3 is 0 Å². The second-order valence-corrected chi connectivity index (χ2v) is 9.07. The van der Waals surface area contributed by atoms with E-state index in [-0.39, 0.29) is 5.78 Å². The van der Waals surface area contributed by atoms with Crippen LogP contribution in [0.2, 0.25) is 0 Å². The molecule has 0 aromatic heterocycles. The molecule has 0 saturated carbocycles. The van der Waals surface area contributed by atoms with Crippen molar-refractivity contribution in [2.45, 2.75) is 24.2 Å². The summed E-state index contributed by atoms with van der Waals surface area (Å²) in [4.78, 5) is 13.1. The first-order valence-electron chi connectivity index (χ1n) is 10.9. The van der Waals surface area contributed by atoms with Gasteiger partial charge in [-0.1, -0.05) is 72.8 Å². The molecule has 0 saturated heterocycles. The van der Waals surface area contributed by atoms with Crippen molar-refractivity contribution in [1.29, 1.82) is 0 Å². The van der Waals surface area contributed by atoms with E-state index in [1.165, 1.54) is 0 Å². The van der Waals surface area contributed by atoms with Crippen molar-refractivity contribution in [1.82, 2.24) is 0 Å². The summed E-state index contributed by atoms with van der Waals surface area (Å²) in [6.07, 6.45) is 1.54. The van der Waals surface area contributed by atoms with Gasteiger partial charge in [0.25, 0.3) is 0 Å². The predicted octanol–water partition coefficient (Wildman–Crippen LogP) is 5.81. The Hall–Kier alpha value is -3.70. The fourth-order valence-electron chi connectivity index (χ4n) is 3.69. The van der Waals surface area contributed by atoms with Gasteiger partial charge in [-0.15, -0.1) is 0 Å². The number of rotatable bonds is 9. The zero-order valence-corrected chi connectivity index (χ0v) is 19.1. The third-order valence-corrected chi connectivity index (χ3v) is 6.56. The molecule has 3 N–H and O–H groups in total. The van der Waals surface area contributed by atoms with Crippen LogP contribution in [0.25, 0.3) is 11.1 Å². The van der Waals surface area contributed by atoms with Gasteiger partial charge in [0.1, 0.15) is 5.78 Å². The number of aryl methyl sites for hydroxylation is 1. The molecule has 166 valence electrons. The molecule has 4 aromatic carbocycles. The minimum atomic E-state index is -1.42. The lowest BCUT2D eigenvalue weighted by atomic mass is 10.0. The lowest BCUT2D eigenvalue weighted by Crippen LogP contribution is -2.07. The molecule has 0 aliphatic rings. The molecular formula is C28H26N2O2S. The smallest absolute Gasteiger partial charge is 0.150 e. The maximum atomic E-state index is 13.1. The number of Topliss-reactive ketones (excluding diaryl/α,β-unsaturated/α-hetero) is 1. The first-order valence-corrected chi connectivity index (χ1v) is 12.0. The van der Waals surface area contributed by atoms with Gasteiger partial charge in [0.15, 0.2) is 11.0 Å². The van der Waals surface area contributed by atoms with Crippen LogP contribution in [0.1, 0.15) is 17.5 Å². The molecule has 0 radical (unpaired) electrons. The van der Waals surface area contributed by atoms with Crippen molar-refractivity contribution in [3.63, 3.8) is 0 Å². The number of nitrogens with one attached hydrogen (secondary N) is 1. The maximum absolute atomic E-state index is 13.1. The summed E-state index contributed by atoms with van der Waals surface area (Å²) in [7, 11) is -1.42. The number of hydrogen-bond donors (Lipinski definition) is 2. The molecule has 1 unspecified atom stereocenters. The lowest BCUT2D eigenvalue weighted by molar-refractivity contribution is -0.118. The van der Waals surface area contributed by atoms with E-state index in [0.717, 1.165) is 32.8 Å². The zero-order valence-electron chi connectivity index (χ0n) is 18.2. The van der Waals surface area contributed by atoms with E-state index in [9.17, 15) is 9.00 Å². The highest BCUT2D eigenvalue weighted by atomic mass is 32.2. The monoisotopic (exact) mass is 454 g/mol. The highest BCUT2D eigenvalue weighted by Gasteiger charge is 2.12. The van der Waals surface area contributed by atoms with Gasteiger partial charge in [-0.05, 0) is 59.0 Å². The van der Waals surface area contributed by atoms with Crippen molar-refractivity contribution in [2.24, 2.45) is 0 Å². The van der Waals surface area contributed by atoms with Gasteiger partial charge in [-0.2, -0.15) is 0 Å². The molecule has 4 nitrogen and oxygen atoms in total. The van der Waals surface area contributed by atoms with E-state index in [2.05, 4.69) is 4.72 Å². The van der Waals surface area contributed by atoms with E-state index in [0.29, 0.717) is 24.9 Å². The maximum Gasteiger partial charge on any atom is 0.150 e. The molecule has 0 amide bonds. The number of carbonyl (C=O) groups is 1. The Kier molecular flexibility index (Phi) is 7.33. The van der Waals surface area contributed by atoms with Gasteiger partial charge in [0, 0.05) is 24.2 Å².